The van der Waals surface area contributed by atoms with Crippen LogP contribution in [-0.4, -0.2) is 30.6 Å². The number of aliphatic imine (C=N–C) groups is 1. The number of aliphatic hydroxyl groups is 1. The Morgan fingerprint density at radius 2 is 2.86 bits per heavy atom. The Hall–Kier alpha value is -0.570. The average Bonchev–Trinajstić information content (AvgIpc) is 2.14. The monoisotopic (exact) mass is 100 g/mol. The molecule has 0 aromatic carbocycles. The van der Waals surface area contributed by atoms with Crippen LogP contribution in [0.2, 0.25) is 0 Å². The standard InChI is InChI=1S/C4H8N2O/c7-2-4-1-5-3-6-4/h3-4,7H,1-2H2,(H,5,6)/t4-/m1/s1. The van der Waals surface area contributed by atoms with E-state index in [1.165, 1.54) is 0 Å². The van der Waals surface area contributed by atoms with E-state index in [0.717, 1.165) is 6.54 Å². The molecule has 0 saturated carbocycles. The summed E-state index contributed by atoms with van der Waals surface area (Å²) in [5.74, 6) is 0. The third-order valence-corrected chi connectivity index (χ3v) is 0.948. The molecule has 0 unspecified atom stereocenters. The molecule has 7 heavy (non-hydrogen) atoms. The summed E-state index contributed by atoms with van der Waals surface area (Å²) < 4.78 is 0. The van der Waals surface area contributed by atoms with E-state index in [-0.39, 0.29) is 12.6 Å². The van der Waals surface area contributed by atoms with E-state index in [4.69, 9.17) is 5.11 Å². The topological polar surface area (TPSA) is 44.6 Å². The van der Waals surface area contributed by atoms with Crippen LogP contribution in [0, 0.1) is 0 Å². The minimum absolute atomic E-state index is 0.181. The highest BCUT2D eigenvalue weighted by Gasteiger charge is 2.05. The van der Waals surface area contributed by atoms with Gasteiger partial charge in [-0.15, -0.1) is 0 Å². The summed E-state index contributed by atoms with van der Waals surface area (Å²) in [6, 6.07) is 0.181. The second-order valence-corrected chi connectivity index (χ2v) is 1.54. The predicted octanol–water partition coefficient (Wildman–Crippen LogP) is -1.02. The molecule has 3 nitrogen and oxygen atoms in total. The molecule has 0 aromatic rings. The van der Waals surface area contributed by atoms with Gasteiger partial charge in [0.2, 0.25) is 0 Å². The van der Waals surface area contributed by atoms with Gasteiger partial charge in [-0.2, -0.15) is 0 Å². The highest BCUT2D eigenvalue weighted by molar-refractivity contribution is 5.57. The largest absolute Gasteiger partial charge is 0.394 e. The third kappa shape index (κ3) is 0.899. The summed E-state index contributed by atoms with van der Waals surface area (Å²) in [6.07, 6.45) is 1.63. The van der Waals surface area contributed by atoms with Gasteiger partial charge in [-0.3, -0.25) is 4.99 Å². The van der Waals surface area contributed by atoms with Crippen LogP contribution >= 0.6 is 0 Å². The number of rotatable bonds is 1. The normalized spacial score (nSPS) is 27.9. The van der Waals surface area contributed by atoms with Crippen molar-refractivity contribution in [2.24, 2.45) is 4.99 Å². The highest BCUT2D eigenvalue weighted by Crippen LogP contribution is 1.86. The van der Waals surface area contributed by atoms with Crippen molar-refractivity contribution in [3.8, 4) is 0 Å². The molecule has 0 saturated heterocycles. The third-order valence-electron chi connectivity index (χ3n) is 0.948. The zero-order valence-electron chi connectivity index (χ0n) is 3.96. The lowest BCUT2D eigenvalue weighted by atomic mass is 10.3. The second-order valence-electron chi connectivity index (χ2n) is 1.54. The maximum atomic E-state index is 8.42. The van der Waals surface area contributed by atoms with E-state index in [2.05, 4.69) is 10.3 Å². The molecule has 0 fully saturated rings. The van der Waals surface area contributed by atoms with Crippen LogP contribution in [0.5, 0.6) is 0 Å². The maximum Gasteiger partial charge on any atom is 0.0828 e. The van der Waals surface area contributed by atoms with Crippen molar-refractivity contribution in [2.45, 2.75) is 6.04 Å². The summed E-state index contributed by atoms with van der Waals surface area (Å²) in [7, 11) is 0. The minimum atomic E-state index is 0.181. The second kappa shape index (κ2) is 1.93. The smallest absolute Gasteiger partial charge is 0.0828 e. The van der Waals surface area contributed by atoms with Gasteiger partial charge in [0.05, 0.1) is 25.5 Å². The van der Waals surface area contributed by atoms with Gasteiger partial charge in [0.25, 0.3) is 0 Å². The Labute approximate surface area is 42.1 Å². The first-order valence-electron chi connectivity index (χ1n) is 2.28. The van der Waals surface area contributed by atoms with Crippen molar-refractivity contribution in [1.82, 2.24) is 5.32 Å². The van der Waals surface area contributed by atoms with Gasteiger partial charge in [-0.05, 0) is 0 Å². The number of nitrogens with zero attached hydrogens (tertiary/aromatic N) is 1. The molecule has 0 aromatic heterocycles. The van der Waals surface area contributed by atoms with Crippen molar-refractivity contribution in [3.63, 3.8) is 0 Å². The van der Waals surface area contributed by atoms with Crippen LogP contribution in [0.15, 0.2) is 4.99 Å². The molecule has 1 rings (SSSR count). The van der Waals surface area contributed by atoms with Crippen molar-refractivity contribution >= 4 is 6.34 Å². The molecule has 0 bridgehead atoms. The van der Waals surface area contributed by atoms with Gasteiger partial charge in [0.15, 0.2) is 0 Å². The van der Waals surface area contributed by atoms with E-state index in [9.17, 15) is 0 Å². The maximum absolute atomic E-state index is 8.42. The molecule has 3 heteroatoms. The average molecular weight is 100 g/mol. The van der Waals surface area contributed by atoms with Crippen LogP contribution < -0.4 is 5.32 Å². The number of aliphatic hydroxyl groups excluding tert-OH is 1. The SMILES string of the molecule is OC[C@H]1CN=CN1. The zero-order valence-corrected chi connectivity index (χ0v) is 3.96. The molecule has 1 atom stereocenters. The fourth-order valence-electron chi connectivity index (χ4n) is 0.501. The Morgan fingerprint density at radius 1 is 2.00 bits per heavy atom. The summed E-state index contributed by atoms with van der Waals surface area (Å²) >= 11 is 0. The highest BCUT2D eigenvalue weighted by atomic mass is 16.3. The lowest BCUT2D eigenvalue weighted by Crippen LogP contribution is -2.28. The Bertz CT molecular complexity index is 73.8. The van der Waals surface area contributed by atoms with Crippen LogP contribution in [0.3, 0.4) is 0 Å². The van der Waals surface area contributed by atoms with Gasteiger partial charge in [-0.1, -0.05) is 0 Å². The molecule has 0 radical (unpaired) electrons. The van der Waals surface area contributed by atoms with Gasteiger partial charge < -0.3 is 10.4 Å². The summed E-state index contributed by atoms with van der Waals surface area (Å²) in [4.78, 5) is 3.84. The first kappa shape index (κ1) is 4.59. The lowest BCUT2D eigenvalue weighted by molar-refractivity contribution is 0.264. The Morgan fingerprint density at radius 3 is 3.14 bits per heavy atom. The first-order valence-corrected chi connectivity index (χ1v) is 2.28. The van der Waals surface area contributed by atoms with Gasteiger partial charge >= 0.3 is 0 Å². The summed E-state index contributed by atoms with van der Waals surface area (Å²) in [5.41, 5.74) is 0. The van der Waals surface area contributed by atoms with E-state index in [0.29, 0.717) is 0 Å². The van der Waals surface area contributed by atoms with Crippen LogP contribution in [0.1, 0.15) is 0 Å². The number of hydrogen-bond donors (Lipinski definition) is 2. The molecule has 40 valence electrons. The fourth-order valence-corrected chi connectivity index (χ4v) is 0.501. The van der Waals surface area contributed by atoms with Crippen molar-refractivity contribution < 1.29 is 5.11 Å². The van der Waals surface area contributed by atoms with Crippen LogP contribution in [0.4, 0.5) is 0 Å². The molecule has 0 aliphatic carbocycles. The molecule has 1 aliphatic heterocycles. The summed E-state index contributed by atoms with van der Waals surface area (Å²) in [6.45, 7) is 0.899. The van der Waals surface area contributed by atoms with Crippen molar-refractivity contribution in [3.05, 3.63) is 0 Å². The van der Waals surface area contributed by atoms with Crippen molar-refractivity contribution in [1.29, 1.82) is 0 Å². The molecule has 0 amide bonds. The zero-order chi connectivity index (χ0) is 5.11. The summed E-state index contributed by atoms with van der Waals surface area (Å²) in [5, 5.41) is 11.3. The molecule has 0 spiro atoms. The van der Waals surface area contributed by atoms with Gasteiger partial charge in [0, 0.05) is 0 Å². The van der Waals surface area contributed by atoms with Gasteiger partial charge in [0.1, 0.15) is 0 Å². The lowest BCUT2D eigenvalue weighted by Gasteiger charge is -2.01. The Kier molecular flexibility index (Phi) is 1.26. The van der Waals surface area contributed by atoms with E-state index in [1.807, 2.05) is 0 Å². The number of hydrogen-bond acceptors (Lipinski definition) is 3. The van der Waals surface area contributed by atoms with E-state index < -0.39 is 0 Å². The minimum Gasteiger partial charge on any atom is -0.394 e. The van der Waals surface area contributed by atoms with Crippen molar-refractivity contribution in [2.75, 3.05) is 13.2 Å². The van der Waals surface area contributed by atoms with E-state index >= 15 is 0 Å². The molecule has 1 heterocycles. The molecule has 1 aliphatic rings. The molecular weight excluding hydrogens is 92.1 g/mol. The van der Waals surface area contributed by atoms with Crippen LogP contribution in [0.25, 0.3) is 0 Å². The quantitative estimate of drug-likeness (QED) is 0.443. The Balaban J connectivity index is 2.22. The molecule has 2 N–H and O–H groups in total. The fraction of sp³-hybridized carbons (Fsp3) is 0.750. The van der Waals surface area contributed by atoms with Gasteiger partial charge in [-0.25, -0.2) is 0 Å². The first-order chi connectivity index (χ1) is 3.43. The van der Waals surface area contributed by atoms with E-state index in [1.54, 1.807) is 6.34 Å². The van der Waals surface area contributed by atoms with Crippen LogP contribution in [-0.2, 0) is 0 Å². The molecular formula is C4H8N2O. The predicted molar refractivity (Wildman–Crippen MR) is 27.4 cm³/mol. The number of nitrogens with one attached hydrogen (secondary N) is 1.